The van der Waals surface area contributed by atoms with Gasteiger partial charge in [-0.2, -0.15) is 0 Å². The highest BCUT2D eigenvalue weighted by atomic mass is 35.5. The van der Waals surface area contributed by atoms with Crippen molar-refractivity contribution in [1.82, 2.24) is 20.1 Å². The van der Waals surface area contributed by atoms with Crippen LogP contribution in [0.3, 0.4) is 0 Å². The highest BCUT2D eigenvalue weighted by molar-refractivity contribution is 7.99. The summed E-state index contributed by atoms with van der Waals surface area (Å²) in [4.78, 5) is 24.7. The van der Waals surface area contributed by atoms with Crippen LogP contribution in [0.2, 0.25) is 5.02 Å². The fourth-order valence-corrected chi connectivity index (χ4v) is 3.80. The van der Waals surface area contributed by atoms with Gasteiger partial charge in [-0.15, -0.1) is 10.2 Å². The minimum absolute atomic E-state index is 0.0516. The van der Waals surface area contributed by atoms with Crippen molar-refractivity contribution in [2.75, 3.05) is 18.2 Å². The Morgan fingerprint density at radius 3 is 2.72 bits per heavy atom. The topological polar surface area (TPSA) is 98.1 Å². The lowest BCUT2D eigenvalue weighted by Crippen LogP contribution is -2.29. The van der Waals surface area contributed by atoms with Gasteiger partial charge in [-0.3, -0.25) is 9.59 Å². The van der Waals surface area contributed by atoms with E-state index in [1.165, 1.54) is 37.1 Å². The van der Waals surface area contributed by atoms with E-state index in [-0.39, 0.29) is 17.2 Å². The molecule has 0 fully saturated rings. The van der Waals surface area contributed by atoms with Gasteiger partial charge in [0.15, 0.2) is 11.0 Å². The largest absolute Gasteiger partial charge is 0.495 e. The van der Waals surface area contributed by atoms with E-state index < -0.39 is 17.8 Å². The number of carbonyl (C=O) groups is 2. The first-order valence-corrected chi connectivity index (χ1v) is 10.9. The third kappa shape index (κ3) is 5.57. The highest BCUT2D eigenvalue weighted by Gasteiger charge is 2.20. The number of rotatable bonds is 8. The molecule has 2 amide bonds. The third-order valence-electron chi connectivity index (χ3n) is 4.49. The number of benzene rings is 2. The van der Waals surface area contributed by atoms with E-state index in [1.54, 1.807) is 42.8 Å². The van der Waals surface area contributed by atoms with Crippen molar-refractivity contribution in [3.05, 3.63) is 64.7 Å². The quantitative estimate of drug-likeness (QED) is 0.478. The van der Waals surface area contributed by atoms with Gasteiger partial charge in [0.05, 0.1) is 30.2 Å². The Kier molecular flexibility index (Phi) is 7.70. The maximum absolute atomic E-state index is 13.8. The van der Waals surface area contributed by atoms with Crippen molar-refractivity contribution in [2.24, 2.45) is 7.05 Å². The molecule has 0 aliphatic carbocycles. The Hall–Kier alpha value is -3.11. The lowest BCUT2D eigenvalue weighted by Gasteiger charge is -2.14. The van der Waals surface area contributed by atoms with E-state index in [0.717, 1.165) is 0 Å². The molecule has 2 N–H and O–H groups in total. The van der Waals surface area contributed by atoms with Crippen LogP contribution >= 0.6 is 23.4 Å². The molecule has 0 spiro atoms. The summed E-state index contributed by atoms with van der Waals surface area (Å²) in [5, 5.41) is 14.6. The number of nitrogens with one attached hydrogen (secondary N) is 2. The average Bonchev–Trinajstić information content (AvgIpc) is 3.13. The molecule has 32 heavy (non-hydrogen) atoms. The molecule has 168 valence electrons. The normalized spacial score (nSPS) is 11.7. The SMILES string of the molecule is COc1ccc(Cl)cc1NC(=O)CSc1nnc([C@H](C)NC(=O)c2ccccc2F)n1C. The maximum atomic E-state index is 13.8. The van der Waals surface area contributed by atoms with Crippen LogP contribution in [-0.2, 0) is 11.8 Å². The second kappa shape index (κ2) is 10.5. The highest BCUT2D eigenvalue weighted by Crippen LogP contribution is 2.28. The summed E-state index contributed by atoms with van der Waals surface area (Å²) in [5.74, 6) is -0.405. The number of amides is 2. The van der Waals surface area contributed by atoms with Crippen LogP contribution in [0.4, 0.5) is 10.1 Å². The van der Waals surface area contributed by atoms with Crippen LogP contribution in [0.5, 0.6) is 5.75 Å². The molecule has 1 atom stereocenters. The molecule has 3 rings (SSSR count). The number of hydrogen-bond donors (Lipinski definition) is 2. The minimum atomic E-state index is -0.603. The van der Waals surface area contributed by atoms with Crippen LogP contribution < -0.4 is 15.4 Å². The maximum Gasteiger partial charge on any atom is 0.254 e. The van der Waals surface area contributed by atoms with E-state index in [9.17, 15) is 14.0 Å². The molecule has 1 heterocycles. The molecule has 0 saturated carbocycles. The van der Waals surface area contributed by atoms with E-state index in [4.69, 9.17) is 16.3 Å². The number of hydrogen-bond acceptors (Lipinski definition) is 6. The summed E-state index contributed by atoms with van der Waals surface area (Å²) in [5.41, 5.74) is 0.415. The number of halogens is 2. The second-order valence-corrected chi connectivity index (χ2v) is 8.14. The second-order valence-electron chi connectivity index (χ2n) is 6.76. The fourth-order valence-electron chi connectivity index (χ4n) is 2.91. The summed E-state index contributed by atoms with van der Waals surface area (Å²) in [6.45, 7) is 1.72. The van der Waals surface area contributed by atoms with Gasteiger partial charge < -0.3 is 19.9 Å². The van der Waals surface area contributed by atoms with Gasteiger partial charge in [0.1, 0.15) is 11.6 Å². The smallest absolute Gasteiger partial charge is 0.254 e. The Morgan fingerprint density at radius 1 is 1.25 bits per heavy atom. The van der Waals surface area contributed by atoms with E-state index in [0.29, 0.717) is 27.4 Å². The third-order valence-corrected chi connectivity index (χ3v) is 5.75. The van der Waals surface area contributed by atoms with Gasteiger partial charge in [0, 0.05) is 12.1 Å². The number of nitrogens with zero attached hydrogens (tertiary/aromatic N) is 3. The molecule has 0 saturated heterocycles. The summed E-state index contributed by atoms with van der Waals surface area (Å²) in [6.07, 6.45) is 0. The number of methoxy groups -OCH3 is 1. The van der Waals surface area contributed by atoms with Crippen molar-refractivity contribution in [2.45, 2.75) is 18.1 Å². The predicted molar refractivity (Wildman–Crippen MR) is 121 cm³/mol. The van der Waals surface area contributed by atoms with E-state index >= 15 is 0 Å². The summed E-state index contributed by atoms with van der Waals surface area (Å²) >= 11 is 7.16. The standard InChI is InChI=1S/C21H21ClFN5O3S/c1-12(24-20(30)14-6-4-5-7-15(14)23)19-26-27-21(28(19)2)32-11-18(29)25-16-10-13(22)8-9-17(16)31-3/h4-10,12H,11H2,1-3H3,(H,24,30)(H,25,29)/t12-/m0/s1. The van der Waals surface area contributed by atoms with Gasteiger partial charge in [-0.25, -0.2) is 4.39 Å². The van der Waals surface area contributed by atoms with Crippen molar-refractivity contribution in [1.29, 1.82) is 0 Å². The molecule has 0 bridgehead atoms. The van der Waals surface area contributed by atoms with Crippen molar-refractivity contribution in [3.8, 4) is 5.75 Å². The van der Waals surface area contributed by atoms with Gasteiger partial charge in [-0.1, -0.05) is 35.5 Å². The molecular weight excluding hydrogens is 457 g/mol. The first-order chi connectivity index (χ1) is 15.3. The molecule has 3 aromatic rings. The van der Waals surface area contributed by atoms with Gasteiger partial charge in [0.2, 0.25) is 5.91 Å². The monoisotopic (exact) mass is 477 g/mol. The molecule has 0 unspecified atom stereocenters. The fraction of sp³-hybridized carbons (Fsp3) is 0.238. The number of carbonyl (C=O) groups excluding carboxylic acids is 2. The first-order valence-electron chi connectivity index (χ1n) is 9.51. The Balaban J connectivity index is 1.61. The van der Waals surface area contributed by atoms with Crippen LogP contribution in [0, 0.1) is 5.82 Å². The molecule has 1 aromatic heterocycles. The predicted octanol–water partition coefficient (Wildman–Crippen LogP) is 3.84. The van der Waals surface area contributed by atoms with E-state index in [2.05, 4.69) is 20.8 Å². The van der Waals surface area contributed by atoms with Crippen molar-refractivity contribution >= 4 is 40.9 Å². The molecular formula is C21H21ClFN5O3S. The number of aromatic nitrogens is 3. The molecule has 0 aliphatic heterocycles. The molecule has 11 heteroatoms. The number of anilines is 1. The Bertz CT molecular complexity index is 1140. The van der Waals surface area contributed by atoms with Crippen molar-refractivity contribution in [3.63, 3.8) is 0 Å². The van der Waals surface area contributed by atoms with Gasteiger partial charge >= 0.3 is 0 Å². The lowest BCUT2D eigenvalue weighted by molar-refractivity contribution is -0.113. The van der Waals surface area contributed by atoms with Crippen LogP contribution in [0.25, 0.3) is 0 Å². The molecule has 0 radical (unpaired) electrons. The molecule has 2 aromatic carbocycles. The summed E-state index contributed by atoms with van der Waals surface area (Å²) in [6, 6.07) is 10.1. The molecule has 8 nitrogen and oxygen atoms in total. The van der Waals surface area contributed by atoms with Gasteiger partial charge in [0.25, 0.3) is 5.91 Å². The lowest BCUT2D eigenvalue weighted by atomic mass is 10.2. The average molecular weight is 478 g/mol. The summed E-state index contributed by atoms with van der Waals surface area (Å²) < 4.78 is 20.7. The van der Waals surface area contributed by atoms with Crippen LogP contribution in [-0.4, -0.2) is 39.4 Å². The Morgan fingerprint density at radius 2 is 2.00 bits per heavy atom. The minimum Gasteiger partial charge on any atom is -0.495 e. The van der Waals surface area contributed by atoms with E-state index in [1.807, 2.05) is 0 Å². The zero-order valence-corrected chi connectivity index (χ0v) is 19.1. The zero-order valence-electron chi connectivity index (χ0n) is 17.6. The summed E-state index contributed by atoms with van der Waals surface area (Å²) in [7, 11) is 3.22. The molecule has 0 aliphatic rings. The van der Waals surface area contributed by atoms with Gasteiger partial charge in [-0.05, 0) is 37.3 Å². The van der Waals surface area contributed by atoms with Crippen LogP contribution in [0.1, 0.15) is 29.1 Å². The first kappa shape index (κ1) is 23.6. The van der Waals surface area contributed by atoms with Crippen molar-refractivity contribution < 1.29 is 18.7 Å². The number of thioether (sulfide) groups is 1. The van der Waals surface area contributed by atoms with Crippen LogP contribution in [0.15, 0.2) is 47.6 Å². The Labute approximate surface area is 193 Å². The number of ether oxygens (including phenoxy) is 1. The zero-order chi connectivity index (χ0) is 23.3.